The largest absolute Gasteiger partial charge is 0.495 e. The Morgan fingerprint density at radius 3 is 2.25 bits per heavy atom. The van der Waals surface area contributed by atoms with E-state index in [1.165, 1.54) is 18.1 Å². The van der Waals surface area contributed by atoms with Crippen molar-refractivity contribution in [1.82, 2.24) is 15.1 Å². The first-order valence-electron chi connectivity index (χ1n) is 20.3. The number of thiocarbonyl (C=S) groups is 1. The maximum Gasteiger partial charge on any atom is 0.262 e. The number of carbonyl (C=O) groups excluding carboxylic acids is 4. The van der Waals surface area contributed by atoms with Crippen molar-refractivity contribution < 1.29 is 28.3 Å². The number of methoxy groups -OCH3 is 1. The Hall–Kier alpha value is -5.85. The monoisotopic (exact) mass is 816 g/mol. The molecule has 1 spiro atoms. The number of piperidine rings is 2. The van der Waals surface area contributed by atoms with Gasteiger partial charge in [0.2, 0.25) is 5.91 Å². The van der Waals surface area contributed by atoms with Gasteiger partial charge in [-0.05, 0) is 112 Å². The first-order chi connectivity index (χ1) is 28.5. The Kier molecular flexibility index (Phi) is 9.87. The quantitative estimate of drug-likeness (QED) is 0.238. The molecule has 4 saturated heterocycles. The van der Waals surface area contributed by atoms with Crippen molar-refractivity contribution in [3.8, 4) is 11.8 Å². The van der Waals surface area contributed by atoms with E-state index in [-0.39, 0.29) is 22.7 Å². The van der Waals surface area contributed by atoms with Gasteiger partial charge >= 0.3 is 0 Å². The standard InChI is InChI=1S/C44H45FN8O5S/c1-27-4-10-37(39(54)47-27)52-40(55)33-9-7-30(22-34(33)41(52)56)49-20-18-48(19-21-49)26-28-12-16-50(17-13-28)36-11-8-32(23-35(36)45)53-43(59)51(42(57)44(53)14-3-15-44)31-6-5-29(25-46)38(24-31)58-2/h5-9,11,22-24,28,37H,1,3-4,10,12-21,26H2,2H3,(H,47,54). The SMILES string of the molecule is C=C1CCC(N2C(=O)c3ccc(N4CCN(CC5CCN(c6ccc(N7C(=S)N(c8ccc(C#N)c(OC)c8)C(=O)C78CCC8)cc6F)CC5)CC4)cc3C2=O)C(=O)N1. The van der Waals surface area contributed by atoms with Gasteiger partial charge in [0, 0.05) is 69.0 Å². The lowest BCUT2D eigenvalue weighted by molar-refractivity contribution is -0.125. The molecule has 13 nitrogen and oxygen atoms in total. The highest BCUT2D eigenvalue weighted by atomic mass is 32.1. The molecule has 1 aliphatic carbocycles. The predicted molar refractivity (Wildman–Crippen MR) is 224 cm³/mol. The molecule has 3 aromatic carbocycles. The van der Waals surface area contributed by atoms with Crippen LogP contribution in [0.25, 0.3) is 0 Å². The molecule has 4 amide bonds. The number of anilines is 4. The topological polar surface area (TPSA) is 133 Å². The summed E-state index contributed by atoms with van der Waals surface area (Å²) in [7, 11) is 1.47. The molecule has 15 heteroatoms. The number of ether oxygens (including phenoxy) is 1. The number of imide groups is 1. The Balaban J connectivity index is 0.796. The number of fused-ring (bicyclic) bond motifs is 1. The number of halogens is 1. The zero-order chi connectivity index (χ0) is 41.2. The fourth-order valence-electron chi connectivity index (χ4n) is 9.66. The Morgan fingerprint density at radius 1 is 0.881 bits per heavy atom. The third-order valence-electron chi connectivity index (χ3n) is 13.1. The highest BCUT2D eigenvalue weighted by Crippen LogP contribution is 2.49. The zero-order valence-corrected chi connectivity index (χ0v) is 33.7. The van der Waals surface area contributed by atoms with Gasteiger partial charge in [-0.1, -0.05) is 6.58 Å². The van der Waals surface area contributed by atoms with Crippen LogP contribution >= 0.6 is 12.2 Å². The molecule has 1 N–H and O–H groups in total. The molecule has 59 heavy (non-hydrogen) atoms. The van der Waals surface area contributed by atoms with Crippen LogP contribution in [0.4, 0.5) is 27.1 Å². The molecule has 0 aromatic heterocycles. The van der Waals surface area contributed by atoms with E-state index < -0.39 is 23.4 Å². The van der Waals surface area contributed by atoms with Crippen LogP contribution in [0.1, 0.15) is 71.2 Å². The van der Waals surface area contributed by atoms with Crippen molar-refractivity contribution >= 4 is 63.7 Å². The highest BCUT2D eigenvalue weighted by molar-refractivity contribution is 7.81. The number of amides is 4. The first kappa shape index (κ1) is 38.7. The van der Waals surface area contributed by atoms with E-state index in [9.17, 15) is 24.4 Å². The summed E-state index contributed by atoms with van der Waals surface area (Å²) in [6.07, 6.45) is 4.83. The number of carbonyl (C=O) groups is 4. The molecule has 6 aliphatic rings. The second-order valence-corrected chi connectivity index (χ2v) is 16.7. The smallest absolute Gasteiger partial charge is 0.262 e. The van der Waals surface area contributed by atoms with E-state index in [1.54, 1.807) is 36.4 Å². The van der Waals surface area contributed by atoms with Crippen molar-refractivity contribution in [1.29, 1.82) is 5.26 Å². The van der Waals surface area contributed by atoms with Crippen LogP contribution in [-0.4, -0.2) is 103 Å². The molecule has 1 unspecified atom stereocenters. The molecule has 5 aliphatic heterocycles. The molecule has 1 saturated carbocycles. The summed E-state index contributed by atoms with van der Waals surface area (Å²) in [5, 5.41) is 12.4. The minimum atomic E-state index is -0.871. The van der Waals surface area contributed by atoms with E-state index in [1.807, 2.05) is 17.0 Å². The Labute approximate surface area is 347 Å². The summed E-state index contributed by atoms with van der Waals surface area (Å²) in [5.74, 6) is -0.912. The Morgan fingerprint density at radius 2 is 1.59 bits per heavy atom. The summed E-state index contributed by atoms with van der Waals surface area (Å²) in [6.45, 7) is 9.49. The lowest BCUT2D eigenvalue weighted by Crippen LogP contribution is -2.55. The fraction of sp³-hybridized carbons (Fsp3) is 0.409. The molecule has 1 atom stereocenters. The van der Waals surface area contributed by atoms with Gasteiger partial charge in [-0.25, -0.2) is 4.39 Å². The predicted octanol–water partition coefficient (Wildman–Crippen LogP) is 5.19. The van der Waals surface area contributed by atoms with Crippen LogP contribution in [0.5, 0.6) is 5.75 Å². The van der Waals surface area contributed by atoms with Crippen molar-refractivity contribution in [2.75, 3.05) is 72.5 Å². The van der Waals surface area contributed by atoms with E-state index in [0.717, 1.165) is 75.7 Å². The van der Waals surface area contributed by atoms with E-state index >= 15 is 4.39 Å². The van der Waals surface area contributed by atoms with Crippen molar-refractivity contribution in [2.24, 2.45) is 5.92 Å². The second-order valence-electron chi connectivity index (χ2n) is 16.4. The highest BCUT2D eigenvalue weighted by Gasteiger charge is 2.59. The minimum absolute atomic E-state index is 0.155. The number of nitriles is 1. The van der Waals surface area contributed by atoms with Crippen LogP contribution in [0, 0.1) is 23.1 Å². The average Bonchev–Trinajstić information content (AvgIpc) is 3.62. The molecular weight excluding hydrogens is 772 g/mol. The first-order valence-corrected chi connectivity index (χ1v) is 20.7. The maximum absolute atomic E-state index is 16.1. The molecule has 0 bridgehead atoms. The van der Waals surface area contributed by atoms with Gasteiger partial charge in [-0.15, -0.1) is 0 Å². The summed E-state index contributed by atoms with van der Waals surface area (Å²) < 4.78 is 21.4. The van der Waals surface area contributed by atoms with Crippen LogP contribution in [0.3, 0.4) is 0 Å². The average molecular weight is 817 g/mol. The van der Waals surface area contributed by atoms with Gasteiger partial charge in [-0.2, -0.15) is 5.26 Å². The molecule has 5 fully saturated rings. The number of rotatable bonds is 8. The summed E-state index contributed by atoms with van der Waals surface area (Å²) >= 11 is 5.91. The summed E-state index contributed by atoms with van der Waals surface area (Å²) in [6, 6.07) is 16.8. The number of benzene rings is 3. The van der Waals surface area contributed by atoms with Gasteiger partial charge in [0.05, 0.1) is 35.2 Å². The van der Waals surface area contributed by atoms with Crippen molar-refractivity contribution in [3.63, 3.8) is 0 Å². The summed E-state index contributed by atoms with van der Waals surface area (Å²) in [5.41, 5.74) is 3.24. The third-order valence-corrected chi connectivity index (χ3v) is 13.5. The third kappa shape index (κ3) is 6.49. The molecule has 5 heterocycles. The molecule has 9 rings (SSSR count). The van der Waals surface area contributed by atoms with Gasteiger partial charge < -0.3 is 24.8 Å². The normalized spacial score (nSPS) is 22.3. The molecule has 304 valence electrons. The van der Waals surface area contributed by atoms with Crippen LogP contribution in [-0.2, 0) is 9.59 Å². The van der Waals surface area contributed by atoms with Gasteiger partial charge in [0.15, 0.2) is 5.11 Å². The van der Waals surface area contributed by atoms with E-state index in [2.05, 4.69) is 32.7 Å². The molecular formula is C44H45FN8O5S. The van der Waals surface area contributed by atoms with Crippen LogP contribution in [0.2, 0.25) is 0 Å². The van der Waals surface area contributed by atoms with Crippen molar-refractivity contribution in [2.45, 2.75) is 56.5 Å². The fourth-order valence-corrected chi connectivity index (χ4v) is 10.1. The summed E-state index contributed by atoms with van der Waals surface area (Å²) in [4.78, 5) is 64.4. The van der Waals surface area contributed by atoms with Gasteiger partial charge in [0.25, 0.3) is 17.7 Å². The number of nitrogens with zero attached hydrogens (tertiary/aromatic N) is 7. The van der Waals surface area contributed by atoms with Crippen LogP contribution in [0.15, 0.2) is 66.9 Å². The maximum atomic E-state index is 16.1. The van der Waals surface area contributed by atoms with Crippen molar-refractivity contribution in [3.05, 3.63) is 89.4 Å². The lowest BCUT2D eigenvalue weighted by Gasteiger charge is -2.43. The van der Waals surface area contributed by atoms with E-state index in [4.69, 9.17) is 17.0 Å². The lowest BCUT2D eigenvalue weighted by atomic mass is 9.75. The Bertz CT molecular complexity index is 2340. The van der Waals surface area contributed by atoms with Crippen LogP contribution < -0.4 is 29.7 Å². The van der Waals surface area contributed by atoms with Gasteiger partial charge in [-0.3, -0.25) is 33.9 Å². The number of nitrogens with one attached hydrogen (secondary N) is 1. The zero-order valence-electron chi connectivity index (χ0n) is 32.9. The number of hydrogen-bond acceptors (Lipinski definition) is 10. The van der Waals surface area contributed by atoms with Gasteiger partial charge in [0.1, 0.15) is 29.2 Å². The number of allylic oxidation sites excluding steroid dienone is 1. The van der Waals surface area contributed by atoms with E-state index in [0.29, 0.717) is 76.8 Å². The molecule has 0 radical (unpaired) electrons. The number of hydrogen-bond donors (Lipinski definition) is 1. The minimum Gasteiger partial charge on any atom is -0.495 e. The number of piperazine rings is 1. The second kappa shape index (κ2) is 15.1. The molecule has 3 aromatic rings.